The Bertz CT molecular complexity index is 857. The molecule has 0 aliphatic heterocycles. The van der Waals surface area contributed by atoms with Gasteiger partial charge in [-0.25, -0.2) is 0 Å². The first kappa shape index (κ1) is 26.6. The van der Waals surface area contributed by atoms with Gasteiger partial charge in [-0.2, -0.15) is 0 Å². The maximum absolute atomic E-state index is 2.37. The first-order valence-corrected chi connectivity index (χ1v) is 13.0. The van der Waals surface area contributed by atoms with E-state index in [0.29, 0.717) is 0 Å². The lowest BCUT2D eigenvalue weighted by molar-refractivity contribution is -0.00000754. The first-order chi connectivity index (χ1) is 14.3. The largest absolute Gasteiger partial charge is 1.00 e. The van der Waals surface area contributed by atoms with Gasteiger partial charge in [-0.3, -0.25) is 0 Å². The fraction of sp³-hybridized carbons (Fsp3) is 0.400. The molecule has 0 nitrogen and oxygen atoms in total. The molecule has 3 aromatic rings. The normalized spacial score (nSPS) is 12.6. The molecular weight excluding hydrogens is 427 g/mol. The fourth-order valence-electron chi connectivity index (χ4n) is 3.91. The molecule has 2 heteroatoms. The fourth-order valence-corrected chi connectivity index (χ4v) is 6.41. The second-order valence-electron chi connectivity index (χ2n) is 11.9. The molecule has 3 aromatic carbocycles. The van der Waals surface area contributed by atoms with Gasteiger partial charge in [0.25, 0.3) is 0 Å². The Morgan fingerprint density at radius 2 is 0.562 bits per heavy atom. The van der Waals surface area contributed by atoms with E-state index in [1.54, 1.807) is 0 Å². The van der Waals surface area contributed by atoms with Crippen LogP contribution in [0.3, 0.4) is 0 Å². The second kappa shape index (κ2) is 9.70. The van der Waals surface area contributed by atoms with Crippen LogP contribution in [0.5, 0.6) is 0 Å². The van der Waals surface area contributed by atoms with Crippen molar-refractivity contribution < 1.29 is 12.4 Å². The summed E-state index contributed by atoms with van der Waals surface area (Å²) >= 11 is 0. The van der Waals surface area contributed by atoms with Gasteiger partial charge in [0, 0.05) is 0 Å². The minimum absolute atomic E-state index is 0. The van der Waals surface area contributed by atoms with Crippen LogP contribution in [-0.4, -0.2) is 0 Å². The SMILES string of the molecule is CC(C)(C)c1ccc([PH+](c2ccc(C(C)(C)C)cc2)c2ccc(C(C)(C)C)cc2)cc1.[Cl-]. The summed E-state index contributed by atoms with van der Waals surface area (Å²) in [5, 5.41) is 4.35. The molecule has 3 rings (SSSR count). The molecule has 0 radical (unpaired) electrons. The lowest BCUT2D eigenvalue weighted by atomic mass is 9.87. The molecule has 0 amide bonds. The van der Waals surface area contributed by atoms with Crippen LogP contribution in [0.25, 0.3) is 0 Å². The molecule has 0 N–H and O–H groups in total. The predicted octanol–water partition coefficient (Wildman–Crippen LogP) is 4.07. The van der Waals surface area contributed by atoms with Gasteiger partial charge in [0.15, 0.2) is 0 Å². The summed E-state index contributed by atoms with van der Waals surface area (Å²) in [6, 6.07) is 28.2. The van der Waals surface area contributed by atoms with Gasteiger partial charge in [-0.15, -0.1) is 0 Å². The Balaban J connectivity index is 0.00000363. The van der Waals surface area contributed by atoms with E-state index in [9.17, 15) is 0 Å². The van der Waals surface area contributed by atoms with E-state index in [2.05, 4.69) is 135 Å². The number of halogens is 1. The highest BCUT2D eigenvalue weighted by Gasteiger charge is 2.27. The number of hydrogen-bond acceptors (Lipinski definition) is 0. The maximum Gasteiger partial charge on any atom is 0.102 e. The van der Waals surface area contributed by atoms with Gasteiger partial charge in [0.1, 0.15) is 15.9 Å². The third kappa shape index (κ3) is 6.24. The van der Waals surface area contributed by atoms with Crippen molar-refractivity contribution in [2.75, 3.05) is 0 Å². The molecule has 32 heavy (non-hydrogen) atoms. The monoisotopic (exact) mass is 466 g/mol. The third-order valence-electron chi connectivity index (χ3n) is 6.12. The van der Waals surface area contributed by atoms with Crippen LogP contribution in [-0.2, 0) is 16.2 Å². The summed E-state index contributed by atoms with van der Waals surface area (Å²) in [6.45, 7) is 20.5. The molecule has 0 saturated carbocycles. The van der Waals surface area contributed by atoms with Crippen LogP contribution >= 0.6 is 7.92 Å². The minimum Gasteiger partial charge on any atom is -1.00 e. The standard InChI is InChI=1S/C30H39P.ClH/c1-28(2,3)22-10-16-25(17-11-22)31(26-18-12-23(13-19-26)29(4,5)6)27-20-14-24(15-21-27)30(7,8)9;/h10-21H,1-9H3;1H. The zero-order valence-electron chi connectivity index (χ0n) is 21.3. The van der Waals surface area contributed by atoms with E-state index in [4.69, 9.17) is 0 Å². The van der Waals surface area contributed by atoms with Crippen molar-refractivity contribution in [1.29, 1.82) is 0 Å². The molecule has 0 bridgehead atoms. The highest BCUT2D eigenvalue weighted by Crippen LogP contribution is 2.35. The molecule has 0 fully saturated rings. The average molecular weight is 467 g/mol. The quantitative estimate of drug-likeness (QED) is 0.510. The second-order valence-corrected chi connectivity index (χ2v) is 14.3. The molecular formula is C30H40ClP. The average Bonchev–Trinajstić information content (AvgIpc) is 2.67. The molecule has 172 valence electrons. The Morgan fingerprint density at radius 1 is 0.375 bits per heavy atom. The Kier molecular flexibility index (Phi) is 8.08. The van der Waals surface area contributed by atoms with E-state index in [1.165, 1.54) is 32.6 Å². The lowest BCUT2D eigenvalue weighted by Gasteiger charge is -2.21. The zero-order valence-corrected chi connectivity index (χ0v) is 23.1. The van der Waals surface area contributed by atoms with E-state index in [0.717, 1.165) is 0 Å². The van der Waals surface area contributed by atoms with Crippen LogP contribution in [0.15, 0.2) is 72.8 Å². The molecule has 0 aromatic heterocycles. The molecule has 0 aliphatic carbocycles. The first-order valence-electron chi connectivity index (χ1n) is 11.5. The van der Waals surface area contributed by atoms with Crippen molar-refractivity contribution in [3.8, 4) is 0 Å². The summed E-state index contributed by atoms with van der Waals surface area (Å²) in [6.07, 6.45) is 0. The van der Waals surface area contributed by atoms with Crippen LogP contribution in [0.1, 0.15) is 79.0 Å². The molecule has 0 atom stereocenters. The van der Waals surface area contributed by atoms with Crippen LogP contribution in [0, 0.1) is 0 Å². The lowest BCUT2D eigenvalue weighted by Crippen LogP contribution is -3.00. The maximum atomic E-state index is 2.37. The third-order valence-corrected chi connectivity index (χ3v) is 8.85. The molecule has 0 heterocycles. The van der Waals surface area contributed by atoms with Gasteiger partial charge in [-0.05, 0) is 69.3 Å². The van der Waals surface area contributed by atoms with Crippen molar-refractivity contribution in [1.82, 2.24) is 0 Å². The summed E-state index contributed by atoms with van der Waals surface area (Å²) in [5.41, 5.74) is 4.70. The van der Waals surface area contributed by atoms with Crippen LogP contribution in [0.2, 0.25) is 0 Å². The van der Waals surface area contributed by atoms with E-state index in [1.807, 2.05) is 0 Å². The van der Waals surface area contributed by atoms with Crippen molar-refractivity contribution in [3.63, 3.8) is 0 Å². The number of benzene rings is 3. The summed E-state index contributed by atoms with van der Waals surface area (Å²) in [7, 11) is -1.06. The van der Waals surface area contributed by atoms with Gasteiger partial charge in [-0.1, -0.05) is 98.7 Å². The van der Waals surface area contributed by atoms with Gasteiger partial charge in [0.05, 0.1) is 7.92 Å². The molecule has 0 unspecified atom stereocenters. The summed E-state index contributed by atoms with van der Waals surface area (Å²) in [4.78, 5) is 0. The van der Waals surface area contributed by atoms with Gasteiger partial charge in [0.2, 0.25) is 0 Å². The summed E-state index contributed by atoms with van der Waals surface area (Å²) in [5.74, 6) is 0. The van der Waals surface area contributed by atoms with Crippen molar-refractivity contribution in [2.45, 2.75) is 78.6 Å². The van der Waals surface area contributed by atoms with Gasteiger partial charge < -0.3 is 12.4 Å². The Hall–Kier alpha value is -1.62. The van der Waals surface area contributed by atoms with Gasteiger partial charge >= 0.3 is 0 Å². The van der Waals surface area contributed by atoms with Crippen molar-refractivity contribution in [3.05, 3.63) is 89.5 Å². The van der Waals surface area contributed by atoms with E-state index < -0.39 is 7.92 Å². The predicted molar refractivity (Wildman–Crippen MR) is 143 cm³/mol. The topological polar surface area (TPSA) is 0 Å². The highest BCUT2D eigenvalue weighted by molar-refractivity contribution is 7.79. The summed E-state index contributed by atoms with van der Waals surface area (Å²) < 4.78 is 0. The smallest absolute Gasteiger partial charge is 0.102 e. The number of hydrogen-bond donors (Lipinski definition) is 0. The Labute approximate surface area is 204 Å². The van der Waals surface area contributed by atoms with Crippen LogP contribution < -0.4 is 28.3 Å². The van der Waals surface area contributed by atoms with E-state index in [-0.39, 0.29) is 28.7 Å². The number of rotatable bonds is 3. The zero-order chi connectivity index (χ0) is 23.0. The molecule has 0 aliphatic rings. The Morgan fingerprint density at radius 3 is 0.719 bits per heavy atom. The highest BCUT2D eigenvalue weighted by atomic mass is 35.5. The molecule has 0 saturated heterocycles. The van der Waals surface area contributed by atoms with Crippen molar-refractivity contribution >= 4 is 23.8 Å². The van der Waals surface area contributed by atoms with Crippen LogP contribution in [0.4, 0.5) is 0 Å². The molecule has 0 spiro atoms. The van der Waals surface area contributed by atoms with E-state index >= 15 is 0 Å². The minimum atomic E-state index is -1.06. The van der Waals surface area contributed by atoms with Crippen molar-refractivity contribution in [2.24, 2.45) is 0 Å².